The van der Waals surface area contributed by atoms with Crippen LogP contribution in [-0.4, -0.2) is 24.4 Å². The number of esters is 1. The van der Waals surface area contributed by atoms with E-state index in [0.717, 1.165) is 7.11 Å². The van der Waals surface area contributed by atoms with Crippen molar-refractivity contribution in [1.82, 2.24) is 4.98 Å². The maximum absolute atomic E-state index is 12.8. The van der Waals surface area contributed by atoms with E-state index in [9.17, 15) is 31.1 Å². The van der Waals surface area contributed by atoms with Gasteiger partial charge in [-0.3, -0.25) is 0 Å². The fourth-order valence-corrected chi connectivity index (χ4v) is 1.50. The minimum absolute atomic E-state index is 0.00442. The molecule has 0 aliphatic heterocycles. The van der Waals surface area contributed by atoms with E-state index in [1.54, 1.807) is 0 Å². The van der Waals surface area contributed by atoms with Crippen molar-refractivity contribution in [3.05, 3.63) is 23.0 Å². The molecule has 0 aliphatic rings. The predicted molar refractivity (Wildman–Crippen MR) is 56.8 cm³/mol. The van der Waals surface area contributed by atoms with Crippen molar-refractivity contribution in [3.8, 4) is 5.75 Å². The molecule has 0 spiro atoms. The van der Waals surface area contributed by atoms with Crippen LogP contribution < -0.4 is 4.74 Å². The lowest BCUT2D eigenvalue weighted by Crippen LogP contribution is -2.22. The quantitative estimate of drug-likeness (QED) is 0.481. The molecule has 11 heteroatoms. The van der Waals surface area contributed by atoms with Crippen molar-refractivity contribution in [2.45, 2.75) is 18.4 Å². The van der Waals surface area contributed by atoms with Crippen molar-refractivity contribution in [1.29, 1.82) is 0 Å². The van der Waals surface area contributed by atoms with Crippen LogP contribution in [-0.2, 0) is 16.8 Å². The number of halogens is 7. The molecule has 4 nitrogen and oxygen atoms in total. The second-order valence-electron chi connectivity index (χ2n) is 3.50. The summed E-state index contributed by atoms with van der Waals surface area (Å²) in [6, 6.07) is 0.00442. The van der Waals surface area contributed by atoms with Gasteiger partial charge < -0.3 is 9.47 Å². The summed E-state index contributed by atoms with van der Waals surface area (Å²) in [6.45, 7) is 0. The first-order valence-electron chi connectivity index (χ1n) is 5.00. The summed E-state index contributed by atoms with van der Waals surface area (Å²) >= 11 is 5.30. The summed E-state index contributed by atoms with van der Waals surface area (Å²) < 4.78 is 82.3. The van der Waals surface area contributed by atoms with Gasteiger partial charge in [0.25, 0.3) is 0 Å². The van der Waals surface area contributed by atoms with Crippen LogP contribution in [0.15, 0.2) is 6.07 Å². The van der Waals surface area contributed by atoms with Gasteiger partial charge >= 0.3 is 18.5 Å². The second-order valence-corrected chi connectivity index (χ2v) is 3.77. The highest BCUT2D eigenvalue weighted by molar-refractivity contribution is 6.17. The van der Waals surface area contributed by atoms with Crippen LogP contribution in [0.2, 0.25) is 0 Å². The predicted octanol–water partition coefficient (Wildman–Crippen LogP) is 3.52. The first-order chi connectivity index (χ1) is 9.49. The fourth-order valence-electron chi connectivity index (χ4n) is 1.31. The molecule has 0 radical (unpaired) electrons. The minimum atomic E-state index is -5.24. The molecule has 0 saturated carbocycles. The van der Waals surface area contributed by atoms with E-state index in [4.69, 9.17) is 11.6 Å². The number of pyridine rings is 1. The Labute approximate surface area is 118 Å². The molecule has 118 valence electrons. The third-order valence-corrected chi connectivity index (χ3v) is 2.35. The molecule has 0 aliphatic carbocycles. The van der Waals surface area contributed by atoms with Crippen LogP contribution in [0.4, 0.5) is 26.3 Å². The molecule has 0 unspecified atom stereocenters. The normalized spacial score (nSPS) is 12.2. The Hall–Kier alpha value is -1.71. The lowest BCUT2D eigenvalue weighted by atomic mass is 10.1. The lowest BCUT2D eigenvalue weighted by molar-refractivity contribution is -0.275. The molecule has 0 amide bonds. The highest BCUT2D eigenvalue weighted by atomic mass is 35.5. The zero-order valence-corrected chi connectivity index (χ0v) is 10.9. The summed E-state index contributed by atoms with van der Waals surface area (Å²) in [7, 11) is 0.796. The molecule has 0 saturated heterocycles. The number of carbonyl (C=O) groups excluding carboxylic acids is 1. The molecule has 0 aromatic carbocycles. The maximum atomic E-state index is 12.8. The van der Waals surface area contributed by atoms with Gasteiger partial charge in [-0.25, -0.2) is 9.78 Å². The molecule has 0 fully saturated rings. The lowest BCUT2D eigenvalue weighted by Gasteiger charge is -2.16. The van der Waals surface area contributed by atoms with E-state index >= 15 is 0 Å². The molecule has 21 heavy (non-hydrogen) atoms. The Morgan fingerprint density at radius 2 is 1.86 bits per heavy atom. The highest BCUT2D eigenvalue weighted by Gasteiger charge is 2.40. The number of rotatable bonds is 3. The number of hydrogen-bond donors (Lipinski definition) is 0. The van der Waals surface area contributed by atoms with Gasteiger partial charge in [-0.1, -0.05) is 0 Å². The zero-order valence-electron chi connectivity index (χ0n) is 10.1. The van der Waals surface area contributed by atoms with Crippen molar-refractivity contribution in [3.63, 3.8) is 0 Å². The second kappa shape index (κ2) is 5.96. The Bertz CT molecular complexity index is 543. The average molecular weight is 338 g/mol. The van der Waals surface area contributed by atoms with Gasteiger partial charge in [0, 0.05) is 0 Å². The topological polar surface area (TPSA) is 48.4 Å². The Balaban J connectivity index is 3.52. The first-order valence-corrected chi connectivity index (χ1v) is 5.54. The number of hydrogen-bond acceptors (Lipinski definition) is 4. The molecule has 1 heterocycles. The van der Waals surface area contributed by atoms with Crippen LogP contribution in [0.3, 0.4) is 0 Å². The van der Waals surface area contributed by atoms with Gasteiger partial charge in [-0.2, -0.15) is 13.2 Å². The van der Waals surface area contributed by atoms with Gasteiger partial charge in [0.05, 0.1) is 24.2 Å². The van der Waals surface area contributed by atoms with Crippen LogP contribution in [0.5, 0.6) is 5.75 Å². The summed E-state index contributed by atoms with van der Waals surface area (Å²) in [5, 5.41) is 0. The van der Waals surface area contributed by atoms with Crippen molar-refractivity contribution in [2.24, 2.45) is 0 Å². The van der Waals surface area contributed by atoms with Crippen molar-refractivity contribution >= 4 is 17.6 Å². The minimum Gasteiger partial charge on any atom is -0.464 e. The fraction of sp³-hybridized carbons (Fsp3) is 0.400. The molecule has 1 rings (SSSR count). The number of alkyl halides is 7. The molecule has 0 N–H and O–H groups in total. The maximum Gasteiger partial charge on any atom is 0.573 e. The van der Waals surface area contributed by atoms with Gasteiger partial charge in [-0.15, -0.1) is 24.8 Å². The van der Waals surface area contributed by atoms with E-state index in [1.807, 2.05) is 0 Å². The highest BCUT2D eigenvalue weighted by Crippen LogP contribution is 2.37. The van der Waals surface area contributed by atoms with Crippen molar-refractivity contribution in [2.75, 3.05) is 7.11 Å². The molecular weight excluding hydrogens is 332 g/mol. The third-order valence-electron chi connectivity index (χ3n) is 2.10. The van der Waals surface area contributed by atoms with Crippen LogP contribution in [0.25, 0.3) is 0 Å². The van der Waals surface area contributed by atoms with Crippen LogP contribution in [0.1, 0.15) is 21.7 Å². The Morgan fingerprint density at radius 1 is 1.29 bits per heavy atom. The third kappa shape index (κ3) is 4.38. The van der Waals surface area contributed by atoms with Gasteiger partial charge in [0.15, 0.2) is 11.4 Å². The molecule has 1 aromatic rings. The molecule has 0 bridgehead atoms. The largest absolute Gasteiger partial charge is 0.573 e. The number of ether oxygens (including phenoxy) is 2. The monoisotopic (exact) mass is 337 g/mol. The van der Waals surface area contributed by atoms with E-state index in [-0.39, 0.29) is 6.07 Å². The number of methoxy groups -OCH3 is 1. The SMILES string of the molecule is COC(=O)c1nc(CCl)c(OC(F)(F)F)cc1C(F)(F)F. The van der Waals surface area contributed by atoms with Gasteiger partial charge in [0.2, 0.25) is 0 Å². The molecular formula is C10H6ClF6NO3. The van der Waals surface area contributed by atoms with E-state index < -0.39 is 47.1 Å². The van der Waals surface area contributed by atoms with Crippen LogP contribution in [0, 0.1) is 0 Å². The Kier molecular flexibility index (Phi) is 4.92. The molecule has 1 aromatic heterocycles. The molecule has 0 atom stereocenters. The average Bonchev–Trinajstić information content (AvgIpc) is 2.34. The summed E-state index contributed by atoms with van der Waals surface area (Å²) in [4.78, 5) is 14.4. The van der Waals surface area contributed by atoms with E-state index in [1.165, 1.54) is 0 Å². The smallest absolute Gasteiger partial charge is 0.464 e. The van der Waals surface area contributed by atoms with E-state index in [0.29, 0.717) is 0 Å². The number of nitrogens with zero attached hydrogens (tertiary/aromatic N) is 1. The van der Waals surface area contributed by atoms with Gasteiger partial charge in [0.1, 0.15) is 0 Å². The van der Waals surface area contributed by atoms with Crippen LogP contribution >= 0.6 is 11.6 Å². The van der Waals surface area contributed by atoms with Gasteiger partial charge in [-0.05, 0) is 6.07 Å². The summed E-state index contributed by atoms with van der Waals surface area (Å²) in [5.74, 6) is -3.40. The van der Waals surface area contributed by atoms with E-state index in [2.05, 4.69) is 14.5 Å². The van der Waals surface area contributed by atoms with Crippen molar-refractivity contribution < 1.29 is 40.6 Å². The number of carbonyl (C=O) groups is 1. The summed E-state index contributed by atoms with van der Waals surface area (Å²) in [6.07, 6.45) is -10.4. The number of aromatic nitrogens is 1. The standard InChI is InChI=1S/C10H6ClF6NO3/c1-20-8(19)7-4(9(12,13)14)2-6(5(3-11)18-7)21-10(15,16)17/h2H,3H2,1H3. The Morgan fingerprint density at radius 3 is 2.24 bits per heavy atom. The summed E-state index contributed by atoms with van der Waals surface area (Å²) in [5.41, 5.74) is -3.60. The zero-order chi connectivity index (χ0) is 16.4. The first kappa shape index (κ1) is 17.3.